The third-order valence-electron chi connectivity index (χ3n) is 5.69. The van der Waals surface area contributed by atoms with Crippen LogP contribution in [0.2, 0.25) is 10.0 Å². The maximum Gasteiger partial charge on any atom is 0.244 e. The van der Waals surface area contributed by atoms with Gasteiger partial charge in [0.05, 0.1) is 22.0 Å². The fraction of sp³-hybridized carbons (Fsp3) is 0.231. The van der Waals surface area contributed by atoms with Crippen LogP contribution in [0.5, 0.6) is 0 Å². The molecule has 1 atom stereocenters. The normalized spacial score (nSPS) is 12.0. The van der Waals surface area contributed by atoms with Gasteiger partial charge in [-0.1, -0.05) is 71.7 Å². The van der Waals surface area contributed by atoms with Crippen LogP contribution >= 0.6 is 23.2 Å². The average Bonchev–Trinajstić information content (AvgIpc) is 2.86. The predicted octanol–water partition coefficient (Wildman–Crippen LogP) is 4.28. The van der Waals surface area contributed by atoms with Gasteiger partial charge in [0.25, 0.3) is 0 Å². The van der Waals surface area contributed by atoms with Gasteiger partial charge in [-0.25, -0.2) is 12.8 Å². The number of amides is 2. The summed E-state index contributed by atoms with van der Waals surface area (Å²) in [5.74, 6) is -1.74. The van der Waals surface area contributed by atoms with Gasteiger partial charge < -0.3 is 10.2 Å². The van der Waals surface area contributed by atoms with Crippen molar-refractivity contribution >= 4 is 50.7 Å². The fourth-order valence-corrected chi connectivity index (χ4v) is 4.92. The Balaban J connectivity index is 2.05. The fourth-order valence-electron chi connectivity index (χ4n) is 3.78. The lowest BCUT2D eigenvalue weighted by Crippen LogP contribution is -2.53. The molecule has 0 heterocycles. The maximum atomic E-state index is 14.6. The van der Waals surface area contributed by atoms with E-state index in [9.17, 15) is 22.4 Å². The monoisotopic (exact) mass is 565 g/mol. The Morgan fingerprint density at radius 3 is 2.22 bits per heavy atom. The summed E-state index contributed by atoms with van der Waals surface area (Å²) in [4.78, 5) is 28.0. The molecule has 0 radical (unpaired) electrons. The van der Waals surface area contributed by atoms with E-state index in [1.54, 1.807) is 30.3 Å². The highest BCUT2D eigenvalue weighted by Gasteiger charge is 2.33. The summed E-state index contributed by atoms with van der Waals surface area (Å²) in [5, 5.41) is 2.88. The molecule has 0 aliphatic carbocycles. The molecule has 0 saturated heterocycles. The molecule has 0 aromatic heterocycles. The summed E-state index contributed by atoms with van der Waals surface area (Å²) in [5.41, 5.74) is 1.07. The van der Waals surface area contributed by atoms with Gasteiger partial charge in [0.2, 0.25) is 21.8 Å². The van der Waals surface area contributed by atoms with Crippen molar-refractivity contribution in [2.45, 2.75) is 19.0 Å². The summed E-state index contributed by atoms with van der Waals surface area (Å²) < 4.78 is 40.9. The molecule has 2 amide bonds. The molecule has 196 valence electrons. The van der Waals surface area contributed by atoms with Crippen LogP contribution in [-0.2, 0) is 32.6 Å². The largest absolute Gasteiger partial charge is 0.357 e. The number of anilines is 1. The Labute approximate surface area is 225 Å². The van der Waals surface area contributed by atoms with Gasteiger partial charge in [0.1, 0.15) is 18.4 Å². The minimum atomic E-state index is -3.96. The zero-order chi connectivity index (χ0) is 27.2. The van der Waals surface area contributed by atoms with Crippen LogP contribution in [0.15, 0.2) is 72.8 Å². The first-order chi connectivity index (χ1) is 17.5. The van der Waals surface area contributed by atoms with Gasteiger partial charge in [-0.2, -0.15) is 0 Å². The van der Waals surface area contributed by atoms with Crippen molar-refractivity contribution in [1.82, 2.24) is 10.2 Å². The molecule has 37 heavy (non-hydrogen) atoms. The molecule has 7 nitrogen and oxygen atoms in total. The first-order valence-corrected chi connectivity index (χ1v) is 13.8. The highest BCUT2D eigenvalue weighted by Crippen LogP contribution is 2.29. The molecule has 11 heteroatoms. The number of hydrogen-bond acceptors (Lipinski definition) is 4. The number of hydrogen-bond donors (Lipinski definition) is 1. The number of benzene rings is 3. The van der Waals surface area contributed by atoms with Crippen molar-refractivity contribution in [2.24, 2.45) is 0 Å². The van der Waals surface area contributed by atoms with Crippen molar-refractivity contribution in [2.75, 3.05) is 24.2 Å². The highest BCUT2D eigenvalue weighted by molar-refractivity contribution is 7.92. The third kappa shape index (κ3) is 7.44. The number of carbonyl (C=O) groups is 2. The van der Waals surface area contributed by atoms with Crippen molar-refractivity contribution in [3.8, 4) is 0 Å². The molecular formula is C26H26Cl2FN3O4S. The molecule has 0 aliphatic rings. The first-order valence-electron chi connectivity index (χ1n) is 11.2. The molecule has 3 aromatic rings. The second kappa shape index (κ2) is 12.4. The van der Waals surface area contributed by atoms with E-state index >= 15 is 0 Å². The van der Waals surface area contributed by atoms with Gasteiger partial charge in [0.15, 0.2) is 0 Å². The number of nitrogens with zero attached hydrogens (tertiary/aromatic N) is 2. The lowest BCUT2D eigenvalue weighted by Gasteiger charge is -2.33. The Hall–Kier alpha value is -3.14. The van der Waals surface area contributed by atoms with Crippen molar-refractivity contribution < 1.29 is 22.4 Å². The second-order valence-corrected chi connectivity index (χ2v) is 11.0. The van der Waals surface area contributed by atoms with E-state index in [4.69, 9.17) is 23.2 Å². The molecule has 0 saturated carbocycles. The number of nitrogens with one attached hydrogen (secondary N) is 1. The van der Waals surface area contributed by atoms with E-state index in [-0.39, 0.29) is 34.3 Å². The van der Waals surface area contributed by atoms with Gasteiger partial charge >= 0.3 is 0 Å². The number of likely N-dealkylation sites (N-methyl/N-ethyl adjacent to an activating group) is 1. The Morgan fingerprint density at radius 2 is 1.62 bits per heavy atom. The topological polar surface area (TPSA) is 86.8 Å². The van der Waals surface area contributed by atoms with E-state index in [0.29, 0.717) is 0 Å². The number of carbonyl (C=O) groups excluding carboxylic acids is 2. The Kier molecular flexibility index (Phi) is 9.53. The third-order valence-corrected chi connectivity index (χ3v) is 7.57. The summed E-state index contributed by atoms with van der Waals surface area (Å²) in [6, 6.07) is 18.0. The van der Waals surface area contributed by atoms with E-state index in [0.717, 1.165) is 16.1 Å². The summed E-state index contributed by atoms with van der Waals surface area (Å²) in [7, 11) is -2.52. The number of halogens is 3. The van der Waals surface area contributed by atoms with Crippen LogP contribution in [0.1, 0.15) is 11.1 Å². The molecule has 1 N–H and O–H groups in total. The molecule has 3 aromatic carbocycles. The molecule has 0 bridgehead atoms. The molecule has 0 spiro atoms. The quantitative estimate of drug-likeness (QED) is 0.397. The van der Waals surface area contributed by atoms with Crippen molar-refractivity contribution in [3.05, 3.63) is 99.8 Å². The Morgan fingerprint density at radius 1 is 0.973 bits per heavy atom. The zero-order valence-corrected chi connectivity index (χ0v) is 22.5. The van der Waals surface area contributed by atoms with Gasteiger partial charge in [-0.15, -0.1) is 0 Å². The van der Waals surface area contributed by atoms with E-state index in [1.807, 2.05) is 6.07 Å². The van der Waals surface area contributed by atoms with Crippen LogP contribution in [0.4, 0.5) is 10.1 Å². The average molecular weight is 566 g/mol. The van der Waals surface area contributed by atoms with E-state index in [1.165, 1.54) is 48.3 Å². The van der Waals surface area contributed by atoms with Crippen molar-refractivity contribution in [3.63, 3.8) is 0 Å². The zero-order valence-electron chi connectivity index (χ0n) is 20.2. The minimum Gasteiger partial charge on any atom is -0.357 e. The van der Waals surface area contributed by atoms with Gasteiger partial charge in [-0.05, 0) is 29.8 Å². The SMILES string of the molecule is CNC(=O)[C@@H](Cc1ccccc1)N(Cc1ccccc1F)C(=O)CN(c1ccc(Cl)c(Cl)c1)S(C)(=O)=O. The van der Waals surface area contributed by atoms with Crippen LogP contribution in [0, 0.1) is 5.82 Å². The molecule has 0 aliphatic heterocycles. The summed E-state index contributed by atoms with van der Waals surface area (Å²) >= 11 is 12.1. The van der Waals surface area contributed by atoms with Crippen LogP contribution < -0.4 is 9.62 Å². The minimum absolute atomic E-state index is 0.107. The summed E-state index contributed by atoms with van der Waals surface area (Å²) in [6.45, 7) is -0.900. The molecule has 3 rings (SSSR count). The molecular weight excluding hydrogens is 540 g/mol. The predicted molar refractivity (Wildman–Crippen MR) is 144 cm³/mol. The van der Waals surface area contributed by atoms with Gasteiger partial charge in [-0.3, -0.25) is 13.9 Å². The first kappa shape index (κ1) is 28.4. The standard InChI is InChI=1S/C26H26Cl2FN3O4S/c1-30-26(34)24(14-18-8-4-3-5-9-18)31(16-19-10-6-7-11-23(19)29)25(33)17-32(37(2,35)36)20-12-13-21(27)22(28)15-20/h3-13,15,24H,14,16-17H2,1-2H3,(H,30,34)/t24-/m1/s1. The lowest BCUT2D eigenvalue weighted by molar-refractivity contribution is -0.139. The highest BCUT2D eigenvalue weighted by atomic mass is 35.5. The maximum absolute atomic E-state index is 14.6. The Bertz CT molecular complexity index is 1370. The van der Waals surface area contributed by atoms with E-state index in [2.05, 4.69) is 5.32 Å². The molecule has 0 fully saturated rings. The molecule has 0 unspecified atom stereocenters. The van der Waals surface area contributed by atoms with Crippen LogP contribution in [0.25, 0.3) is 0 Å². The second-order valence-electron chi connectivity index (χ2n) is 8.30. The number of rotatable bonds is 10. The summed E-state index contributed by atoms with van der Waals surface area (Å²) in [6.07, 6.45) is 1.08. The number of sulfonamides is 1. The lowest BCUT2D eigenvalue weighted by atomic mass is 10.0. The van der Waals surface area contributed by atoms with E-state index < -0.39 is 40.2 Å². The van der Waals surface area contributed by atoms with Gasteiger partial charge in [0, 0.05) is 25.6 Å². The van der Waals surface area contributed by atoms with Crippen molar-refractivity contribution in [1.29, 1.82) is 0 Å². The van der Waals surface area contributed by atoms with Crippen LogP contribution in [0.3, 0.4) is 0 Å². The van der Waals surface area contributed by atoms with Crippen LogP contribution in [-0.4, -0.2) is 51.0 Å². The smallest absolute Gasteiger partial charge is 0.244 e.